The normalized spacial score (nSPS) is 16.6. The Bertz CT molecular complexity index is 765. The second-order valence-corrected chi connectivity index (χ2v) is 5.92. The predicted octanol–water partition coefficient (Wildman–Crippen LogP) is 2.75. The van der Waals surface area contributed by atoms with E-state index in [2.05, 4.69) is 0 Å². The summed E-state index contributed by atoms with van der Waals surface area (Å²) in [4.78, 5) is 28.1. The highest BCUT2D eigenvalue weighted by Crippen LogP contribution is 2.27. The molecule has 24 heavy (non-hydrogen) atoms. The fourth-order valence-corrected chi connectivity index (χ4v) is 2.59. The first kappa shape index (κ1) is 17.5. The summed E-state index contributed by atoms with van der Waals surface area (Å²) in [6.45, 7) is 3.85. The van der Waals surface area contributed by atoms with Crippen molar-refractivity contribution in [3.8, 4) is 6.07 Å². The van der Waals surface area contributed by atoms with Crippen LogP contribution in [0.15, 0.2) is 41.0 Å². The zero-order valence-corrected chi connectivity index (χ0v) is 14.5. The fourth-order valence-electron chi connectivity index (χ4n) is 2.59. The third-order valence-electron chi connectivity index (χ3n) is 3.99. The van der Waals surface area contributed by atoms with Crippen molar-refractivity contribution in [3.63, 3.8) is 0 Å². The molecule has 2 rings (SSSR count). The minimum Gasteiger partial charge on any atom is -0.378 e. The highest BCUT2D eigenvalue weighted by Gasteiger charge is 2.34. The van der Waals surface area contributed by atoms with Gasteiger partial charge in [-0.1, -0.05) is 19.1 Å². The summed E-state index contributed by atoms with van der Waals surface area (Å²) in [5.41, 5.74) is 2.79. The lowest BCUT2D eigenvalue weighted by molar-refractivity contribution is -0.140. The minimum absolute atomic E-state index is 0.0409. The van der Waals surface area contributed by atoms with Gasteiger partial charge in [0.2, 0.25) is 0 Å². The molecule has 0 radical (unpaired) electrons. The molecule has 124 valence electrons. The quantitative estimate of drug-likeness (QED) is 0.631. The van der Waals surface area contributed by atoms with E-state index >= 15 is 0 Å². The molecule has 1 aliphatic rings. The van der Waals surface area contributed by atoms with E-state index in [4.69, 9.17) is 0 Å². The molecule has 1 aromatic rings. The van der Waals surface area contributed by atoms with Gasteiger partial charge in [-0.3, -0.25) is 14.5 Å². The molecular formula is C19H21N3O2. The van der Waals surface area contributed by atoms with E-state index in [9.17, 15) is 14.9 Å². The van der Waals surface area contributed by atoms with Crippen LogP contribution in [0.5, 0.6) is 0 Å². The molecule has 0 aromatic heterocycles. The number of imide groups is 1. The summed E-state index contributed by atoms with van der Waals surface area (Å²) >= 11 is 0. The van der Waals surface area contributed by atoms with Gasteiger partial charge in [-0.15, -0.1) is 0 Å². The van der Waals surface area contributed by atoms with Gasteiger partial charge >= 0.3 is 0 Å². The van der Waals surface area contributed by atoms with Gasteiger partial charge in [0.1, 0.15) is 11.6 Å². The number of nitriles is 1. The van der Waals surface area contributed by atoms with E-state index in [0.717, 1.165) is 16.2 Å². The average molecular weight is 323 g/mol. The number of hydrogen-bond donors (Lipinski definition) is 0. The lowest BCUT2D eigenvalue weighted by Gasteiger charge is -2.27. The van der Waals surface area contributed by atoms with Crippen molar-refractivity contribution in [2.24, 2.45) is 0 Å². The van der Waals surface area contributed by atoms with E-state index in [1.54, 1.807) is 13.0 Å². The van der Waals surface area contributed by atoms with Crippen LogP contribution in [0.25, 0.3) is 6.08 Å². The second-order valence-electron chi connectivity index (χ2n) is 5.92. The van der Waals surface area contributed by atoms with Crippen molar-refractivity contribution in [3.05, 3.63) is 46.5 Å². The van der Waals surface area contributed by atoms with Gasteiger partial charge in [-0.25, -0.2) is 0 Å². The van der Waals surface area contributed by atoms with Crippen LogP contribution < -0.4 is 4.90 Å². The number of amides is 2. The average Bonchev–Trinajstić information content (AvgIpc) is 2.56. The maximum absolute atomic E-state index is 12.7. The Morgan fingerprint density at radius 1 is 1.17 bits per heavy atom. The van der Waals surface area contributed by atoms with Crippen molar-refractivity contribution in [1.82, 2.24) is 4.90 Å². The molecule has 0 bridgehead atoms. The van der Waals surface area contributed by atoms with Crippen LogP contribution in [0.3, 0.4) is 0 Å². The first-order valence-electron chi connectivity index (χ1n) is 7.87. The Hall–Kier alpha value is -2.87. The van der Waals surface area contributed by atoms with Crippen molar-refractivity contribution in [2.75, 3.05) is 25.5 Å². The Morgan fingerprint density at radius 3 is 2.29 bits per heavy atom. The van der Waals surface area contributed by atoms with E-state index in [-0.39, 0.29) is 11.5 Å². The molecule has 1 aromatic carbocycles. The molecule has 5 nitrogen and oxygen atoms in total. The van der Waals surface area contributed by atoms with E-state index < -0.39 is 5.91 Å². The molecule has 0 unspecified atom stereocenters. The summed E-state index contributed by atoms with van der Waals surface area (Å²) in [5.74, 6) is -0.836. The maximum Gasteiger partial charge on any atom is 0.271 e. The zero-order valence-electron chi connectivity index (χ0n) is 14.5. The van der Waals surface area contributed by atoms with Crippen molar-refractivity contribution < 1.29 is 9.59 Å². The highest BCUT2D eigenvalue weighted by molar-refractivity contribution is 6.19. The Morgan fingerprint density at radius 2 is 1.79 bits per heavy atom. The van der Waals surface area contributed by atoms with Crippen LogP contribution in [0.2, 0.25) is 0 Å². The standard InChI is InChI=1S/C19H21N3O2/c1-5-10-22-18(23)16(13(2)17(12-20)19(22)24)11-14-6-8-15(9-7-14)21(3)4/h6-9,11H,5,10H2,1-4H3. The minimum atomic E-state index is -0.498. The molecule has 1 aliphatic heterocycles. The SMILES string of the molecule is CCCN1C(=O)C(=Cc2ccc(N(C)C)cc2)C(C)=C(C#N)C1=O. The number of benzene rings is 1. The first-order chi connectivity index (χ1) is 11.4. The Balaban J connectivity index is 2.49. The molecule has 0 fully saturated rings. The molecule has 1 heterocycles. The summed E-state index contributed by atoms with van der Waals surface area (Å²) in [7, 11) is 3.91. The van der Waals surface area contributed by atoms with Crippen LogP contribution in [-0.4, -0.2) is 37.4 Å². The molecule has 0 N–H and O–H groups in total. The highest BCUT2D eigenvalue weighted by atomic mass is 16.2. The second kappa shape index (κ2) is 7.14. The smallest absolute Gasteiger partial charge is 0.271 e. The molecular weight excluding hydrogens is 302 g/mol. The first-order valence-corrected chi connectivity index (χ1v) is 7.87. The third-order valence-corrected chi connectivity index (χ3v) is 3.99. The topological polar surface area (TPSA) is 64.4 Å². The molecule has 2 amide bonds. The molecule has 0 saturated heterocycles. The summed E-state index contributed by atoms with van der Waals surface area (Å²) < 4.78 is 0. The van der Waals surface area contributed by atoms with E-state index in [1.807, 2.05) is 56.3 Å². The number of hydrogen-bond acceptors (Lipinski definition) is 4. The summed E-state index contributed by atoms with van der Waals surface area (Å²) in [5, 5.41) is 9.29. The van der Waals surface area contributed by atoms with Crippen molar-refractivity contribution in [2.45, 2.75) is 20.3 Å². The van der Waals surface area contributed by atoms with Gasteiger partial charge < -0.3 is 4.90 Å². The van der Waals surface area contributed by atoms with Gasteiger partial charge in [0.05, 0.1) is 0 Å². The van der Waals surface area contributed by atoms with Gasteiger partial charge in [-0.05, 0) is 42.7 Å². The van der Waals surface area contributed by atoms with Gasteiger partial charge in [-0.2, -0.15) is 5.26 Å². The maximum atomic E-state index is 12.7. The van der Waals surface area contributed by atoms with E-state index in [1.165, 1.54) is 0 Å². The number of carbonyl (C=O) groups is 2. The lowest BCUT2D eigenvalue weighted by Crippen LogP contribution is -2.43. The Kier molecular flexibility index (Phi) is 5.20. The van der Waals surface area contributed by atoms with Gasteiger partial charge in [0.25, 0.3) is 11.8 Å². The number of carbonyl (C=O) groups excluding carboxylic acids is 2. The van der Waals surface area contributed by atoms with Crippen LogP contribution in [0, 0.1) is 11.3 Å². The van der Waals surface area contributed by atoms with Crippen LogP contribution >= 0.6 is 0 Å². The molecule has 0 saturated carbocycles. The van der Waals surface area contributed by atoms with Crippen LogP contribution in [-0.2, 0) is 9.59 Å². The van der Waals surface area contributed by atoms with Crippen molar-refractivity contribution >= 4 is 23.6 Å². The fraction of sp³-hybridized carbons (Fsp3) is 0.316. The molecule has 0 spiro atoms. The largest absolute Gasteiger partial charge is 0.378 e. The number of anilines is 1. The van der Waals surface area contributed by atoms with Crippen LogP contribution in [0.4, 0.5) is 5.69 Å². The van der Waals surface area contributed by atoms with Crippen LogP contribution in [0.1, 0.15) is 25.8 Å². The number of nitrogens with zero attached hydrogens (tertiary/aromatic N) is 3. The van der Waals surface area contributed by atoms with E-state index in [0.29, 0.717) is 24.1 Å². The summed E-state index contributed by atoms with van der Waals surface area (Å²) in [6.07, 6.45) is 2.39. The van der Waals surface area contributed by atoms with Crippen molar-refractivity contribution in [1.29, 1.82) is 5.26 Å². The molecule has 0 aliphatic carbocycles. The predicted molar refractivity (Wildman–Crippen MR) is 94.1 cm³/mol. The van der Waals surface area contributed by atoms with Gasteiger partial charge in [0.15, 0.2) is 0 Å². The Labute approximate surface area is 142 Å². The monoisotopic (exact) mass is 323 g/mol. The molecule has 0 atom stereocenters. The summed E-state index contributed by atoms with van der Waals surface area (Å²) in [6, 6.07) is 9.68. The number of rotatable bonds is 4. The third kappa shape index (κ3) is 3.23. The lowest BCUT2D eigenvalue weighted by atomic mass is 9.93. The molecule has 5 heteroatoms. The zero-order chi connectivity index (χ0) is 17.9. The van der Waals surface area contributed by atoms with Gasteiger partial charge in [0, 0.05) is 31.9 Å².